The van der Waals surface area contributed by atoms with E-state index in [0.29, 0.717) is 17.1 Å². The van der Waals surface area contributed by atoms with Crippen molar-refractivity contribution in [3.63, 3.8) is 0 Å². The first kappa shape index (κ1) is 21.8. The predicted octanol–water partition coefficient (Wildman–Crippen LogP) is 4.78. The largest absolute Gasteiger partial charge is 0.508 e. The van der Waals surface area contributed by atoms with Crippen LogP contribution in [-0.2, 0) is 4.79 Å². The van der Waals surface area contributed by atoms with Gasteiger partial charge in [-0.2, -0.15) is 0 Å². The predicted molar refractivity (Wildman–Crippen MR) is 124 cm³/mol. The molecule has 3 aromatic carbocycles. The Balaban J connectivity index is 1.96. The van der Waals surface area contributed by atoms with Crippen LogP contribution in [0.1, 0.15) is 11.1 Å². The number of hydrogen-bond acceptors (Lipinski definition) is 5. The molecule has 0 aromatic heterocycles. The Bertz CT molecular complexity index is 1070. The van der Waals surface area contributed by atoms with Gasteiger partial charge in [-0.25, -0.2) is 0 Å². The van der Waals surface area contributed by atoms with Crippen molar-refractivity contribution in [2.24, 2.45) is 0 Å². The summed E-state index contributed by atoms with van der Waals surface area (Å²) in [4.78, 5) is 14.5. The van der Waals surface area contributed by atoms with Crippen molar-refractivity contribution in [3.05, 3.63) is 77.9 Å². The van der Waals surface area contributed by atoms with E-state index >= 15 is 0 Å². The summed E-state index contributed by atoms with van der Waals surface area (Å²) in [5, 5.41) is 12.9. The fourth-order valence-electron chi connectivity index (χ4n) is 3.07. The third kappa shape index (κ3) is 5.57. The monoisotopic (exact) mass is 418 g/mol. The highest BCUT2D eigenvalue weighted by molar-refractivity contribution is 6.24. The van der Waals surface area contributed by atoms with E-state index in [-0.39, 0.29) is 11.7 Å². The number of anilines is 2. The molecule has 31 heavy (non-hydrogen) atoms. The normalized spacial score (nSPS) is 11.0. The second-order valence-corrected chi connectivity index (χ2v) is 7.16. The van der Waals surface area contributed by atoms with Crippen molar-refractivity contribution in [3.8, 4) is 17.2 Å². The van der Waals surface area contributed by atoms with Gasteiger partial charge in [0.25, 0.3) is 5.91 Å². The SMILES string of the molecule is COc1cc(/C=C(/C(=O)N(C)C)c2ccc(Nc3cccc(O)c3)cc2)cc(OC)c1. The Labute approximate surface area is 182 Å². The van der Waals surface area contributed by atoms with E-state index in [1.165, 1.54) is 0 Å². The van der Waals surface area contributed by atoms with Gasteiger partial charge < -0.3 is 24.8 Å². The number of benzene rings is 3. The molecule has 1 amide bonds. The average molecular weight is 418 g/mol. The molecule has 0 atom stereocenters. The van der Waals surface area contributed by atoms with Gasteiger partial charge in [0.05, 0.1) is 14.2 Å². The van der Waals surface area contributed by atoms with Gasteiger partial charge in [-0.1, -0.05) is 18.2 Å². The van der Waals surface area contributed by atoms with Crippen LogP contribution in [0.4, 0.5) is 11.4 Å². The number of likely N-dealkylation sites (N-methyl/N-ethyl adjacent to an activating group) is 1. The van der Waals surface area contributed by atoms with E-state index < -0.39 is 0 Å². The molecule has 0 heterocycles. The minimum Gasteiger partial charge on any atom is -0.508 e. The number of aromatic hydroxyl groups is 1. The topological polar surface area (TPSA) is 71.0 Å². The van der Waals surface area contributed by atoms with Gasteiger partial charge in [-0.15, -0.1) is 0 Å². The summed E-state index contributed by atoms with van der Waals surface area (Å²) >= 11 is 0. The molecule has 0 radical (unpaired) electrons. The van der Waals surface area contributed by atoms with Crippen molar-refractivity contribution < 1.29 is 19.4 Å². The van der Waals surface area contributed by atoms with E-state index in [2.05, 4.69) is 5.32 Å². The molecule has 0 unspecified atom stereocenters. The van der Waals surface area contributed by atoms with Gasteiger partial charge in [-0.3, -0.25) is 4.79 Å². The second-order valence-electron chi connectivity index (χ2n) is 7.16. The summed E-state index contributed by atoms with van der Waals surface area (Å²) < 4.78 is 10.7. The third-order valence-electron chi connectivity index (χ3n) is 4.65. The van der Waals surface area contributed by atoms with E-state index in [1.807, 2.05) is 48.5 Å². The summed E-state index contributed by atoms with van der Waals surface area (Å²) in [5.74, 6) is 1.37. The number of rotatable bonds is 7. The standard InChI is InChI=1S/C25H26N2O4/c1-27(2)25(29)24(14-17-12-22(30-3)16-23(13-17)31-4)18-8-10-19(11-9-18)26-20-6-5-7-21(28)15-20/h5-16,26,28H,1-4H3/b24-14+. The van der Waals surface area contributed by atoms with Crippen molar-refractivity contribution in [1.82, 2.24) is 4.90 Å². The van der Waals surface area contributed by atoms with E-state index in [0.717, 1.165) is 22.5 Å². The third-order valence-corrected chi connectivity index (χ3v) is 4.65. The van der Waals surface area contributed by atoms with Crippen LogP contribution >= 0.6 is 0 Å². The molecule has 0 aliphatic heterocycles. The van der Waals surface area contributed by atoms with E-state index in [1.54, 1.807) is 57.5 Å². The molecule has 0 aliphatic rings. The van der Waals surface area contributed by atoms with Crippen LogP contribution in [0.25, 0.3) is 11.6 Å². The molecule has 0 bridgehead atoms. The lowest BCUT2D eigenvalue weighted by Gasteiger charge is -2.15. The van der Waals surface area contributed by atoms with Crippen LogP contribution in [0.2, 0.25) is 0 Å². The van der Waals surface area contributed by atoms with Crippen molar-refractivity contribution in [2.75, 3.05) is 33.6 Å². The number of carbonyl (C=O) groups excluding carboxylic acids is 1. The Hall–Kier alpha value is -3.93. The summed E-state index contributed by atoms with van der Waals surface area (Å²) in [6, 6.07) is 19.9. The lowest BCUT2D eigenvalue weighted by molar-refractivity contribution is -0.122. The van der Waals surface area contributed by atoms with Crippen LogP contribution in [0.5, 0.6) is 17.2 Å². The number of nitrogens with one attached hydrogen (secondary N) is 1. The number of methoxy groups -OCH3 is 2. The summed E-state index contributed by atoms with van der Waals surface area (Å²) in [6.45, 7) is 0. The first-order valence-electron chi connectivity index (χ1n) is 9.72. The average Bonchev–Trinajstić information content (AvgIpc) is 2.77. The molecule has 3 rings (SSSR count). The minimum absolute atomic E-state index is 0.115. The fourth-order valence-corrected chi connectivity index (χ4v) is 3.07. The van der Waals surface area contributed by atoms with Gasteiger partial charge in [-0.05, 0) is 53.6 Å². The highest BCUT2D eigenvalue weighted by atomic mass is 16.5. The highest BCUT2D eigenvalue weighted by Crippen LogP contribution is 2.28. The zero-order valence-corrected chi connectivity index (χ0v) is 18.0. The number of phenols is 1. The quantitative estimate of drug-likeness (QED) is 0.427. The molecular weight excluding hydrogens is 392 g/mol. The molecule has 160 valence electrons. The maximum absolute atomic E-state index is 12.9. The van der Waals surface area contributed by atoms with Crippen molar-refractivity contribution in [1.29, 1.82) is 0 Å². The number of carbonyl (C=O) groups is 1. The van der Waals surface area contributed by atoms with Crippen LogP contribution in [0.3, 0.4) is 0 Å². The van der Waals surface area contributed by atoms with Crippen LogP contribution in [0.15, 0.2) is 66.7 Å². The van der Waals surface area contributed by atoms with Gasteiger partial charge in [0.2, 0.25) is 0 Å². The lowest BCUT2D eigenvalue weighted by Crippen LogP contribution is -2.22. The second kappa shape index (κ2) is 9.71. The molecule has 6 nitrogen and oxygen atoms in total. The van der Waals surface area contributed by atoms with Gasteiger partial charge in [0.15, 0.2) is 0 Å². The van der Waals surface area contributed by atoms with Crippen molar-refractivity contribution in [2.45, 2.75) is 0 Å². The molecule has 0 spiro atoms. The zero-order chi connectivity index (χ0) is 22.4. The molecule has 0 fully saturated rings. The molecule has 3 aromatic rings. The molecule has 0 saturated heterocycles. The first-order chi connectivity index (χ1) is 14.9. The van der Waals surface area contributed by atoms with Gasteiger partial charge in [0, 0.05) is 43.2 Å². The Kier molecular flexibility index (Phi) is 6.82. The Morgan fingerprint density at radius 2 is 1.55 bits per heavy atom. The lowest BCUT2D eigenvalue weighted by atomic mass is 10.0. The van der Waals surface area contributed by atoms with Gasteiger partial charge in [0.1, 0.15) is 17.2 Å². The number of amides is 1. The maximum Gasteiger partial charge on any atom is 0.253 e. The number of hydrogen-bond donors (Lipinski definition) is 2. The Morgan fingerprint density at radius 3 is 2.10 bits per heavy atom. The molecule has 0 aliphatic carbocycles. The minimum atomic E-state index is -0.115. The maximum atomic E-state index is 12.9. The molecule has 6 heteroatoms. The van der Waals surface area contributed by atoms with Gasteiger partial charge >= 0.3 is 0 Å². The smallest absolute Gasteiger partial charge is 0.253 e. The number of nitrogens with zero attached hydrogens (tertiary/aromatic N) is 1. The number of ether oxygens (including phenoxy) is 2. The number of phenolic OH excluding ortho intramolecular Hbond substituents is 1. The zero-order valence-electron chi connectivity index (χ0n) is 18.0. The molecular formula is C25H26N2O4. The summed E-state index contributed by atoms with van der Waals surface area (Å²) in [6.07, 6.45) is 1.82. The van der Waals surface area contributed by atoms with Crippen LogP contribution in [0, 0.1) is 0 Å². The van der Waals surface area contributed by atoms with Crippen LogP contribution in [-0.4, -0.2) is 44.2 Å². The molecule has 2 N–H and O–H groups in total. The summed E-state index contributed by atoms with van der Waals surface area (Å²) in [7, 11) is 6.62. The summed E-state index contributed by atoms with van der Waals surface area (Å²) in [5.41, 5.74) is 3.74. The fraction of sp³-hybridized carbons (Fsp3) is 0.160. The first-order valence-corrected chi connectivity index (χ1v) is 9.72. The highest BCUT2D eigenvalue weighted by Gasteiger charge is 2.15. The van der Waals surface area contributed by atoms with E-state index in [9.17, 15) is 9.90 Å². The van der Waals surface area contributed by atoms with Crippen molar-refractivity contribution >= 4 is 28.9 Å². The molecule has 0 saturated carbocycles. The van der Waals surface area contributed by atoms with E-state index in [4.69, 9.17) is 9.47 Å². The Morgan fingerprint density at radius 1 is 0.903 bits per heavy atom. The van der Waals surface area contributed by atoms with Crippen LogP contribution < -0.4 is 14.8 Å².